The number of hydrogen-bond acceptors (Lipinski definition) is 1. The lowest BCUT2D eigenvalue weighted by Gasteiger charge is -2.31. The smallest absolute Gasteiger partial charge is 0.0679 e. The molecule has 0 bridgehead atoms. The maximum atomic E-state index is 3.87. The molecule has 0 saturated carbocycles. The summed E-state index contributed by atoms with van der Waals surface area (Å²) in [6.45, 7) is 14.1. The van der Waals surface area contributed by atoms with E-state index in [2.05, 4.69) is 46.9 Å². The van der Waals surface area contributed by atoms with E-state index in [0.29, 0.717) is 6.04 Å². The summed E-state index contributed by atoms with van der Waals surface area (Å²) in [5.41, 5.74) is 1.60. The van der Waals surface area contributed by atoms with E-state index in [-0.39, 0.29) is 0 Å². The Kier molecular flexibility index (Phi) is 8.34. The molecule has 17 heavy (non-hydrogen) atoms. The molecule has 0 fully saturated rings. The molecular weight excluding hydrogens is 238 g/mol. The van der Waals surface area contributed by atoms with Crippen molar-refractivity contribution in [3.8, 4) is 0 Å². The minimum Gasteiger partial charge on any atom is -0.313 e. The summed E-state index contributed by atoms with van der Waals surface area (Å²) < 4.78 is 0. The van der Waals surface area contributed by atoms with Gasteiger partial charge in [-0.2, -0.15) is 0 Å². The van der Waals surface area contributed by atoms with Crippen LogP contribution >= 0.6 is 0 Å². The average molecular weight is 272 g/mol. The fourth-order valence-corrected chi connectivity index (χ4v) is 5.69. The SMILES string of the molecule is CCC(NC[Si](CC)(CC)CC)C(C)=C(C)[SiH3]. The first-order valence-corrected chi connectivity index (χ1v) is 11.2. The van der Waals surface area contributed by atoms with Crippen molar-refractivity contribution in [2.75, 3.05) is 6.17 Å². The van der Waals surface area contributed by atoms with Gasteiger partial charge in [-0.1, -0.05) is 56.6 Å². The van der Waals surface area contributed by atoms with Crippen LogP contribution in [0.25, 0.3) is 0 Å². The van der Waals surface area contributed by atoms with E-state index >= 15 is 0 Å². The van der Waals surface area contributed by atoms with Crippen molar-refractivity contribution >= 4 is 18.3 Å². The standard InChI is InChI=1S/C14H33NSi2/c1-7-14(12(5)13(6)16)15-11-17(8-2,9-3)10-4/h14-15H,7-11H2,1-6,16H3. The van der Waals surface area contributed by atoms with E-state index in [1.807, 2.05) is 0 Å². The van der Waals surface area contributed by atoms with Crippen molar-refractivity contribution in [3.05, 3.63) is 10.8 Å². The topological polar surface area (TPSA) is 12.0 Å². The van der Waals surface area contributed by atoms with E-state index in [0.717, 1.165) is 0 Å². The summed E-state index contributed by atoms with van der Waals surface area (Å²) in [6.07, 6.45) is 2.54. The number of allylic oxidation sites excluding steroid dienone is 1. The van der Waals surface area contributed by atoms with Crippen molar-refractivity contribution in [1.29, 1.82) is 0 Å². The van der Waals surface area contributed by atoms with Crippen molar-refractivity contribution in [2.24, 2.45) is 0 Å². The zero-order chi connectivity index (χ0) is 13.5. The van der Waals surface area contributed by atoms with Crippen LogP contribution in [0.15, 0.2) is 10.8 Å². The molecule has 1 unspecified atom stereocenters. The van der Waals surface area contributed by atoms with Crippen LogP contribution in [0.5, 0.6) is 0 Å². The van der Waals surface area contributed by atoms with Gasteiger partial charge in [0.05, 0.1) is 8.07 Å². The molecule has 0 aromatic rings. The van der Waals surface area contributed by atoms with Crippen LogP contribution < -0.4 is 5.32 Å². The molecule has 0 rings (SSSR count). The summed E-state index contributed by atoms with van der Waals surface area (Å²) in [4.78, 5) is 0. The molecule has 0 amide bonds. The van der Waals surface area contributed by atoms with Crippen LogP contribution in [0.3, 0.4) is 0 Å². The van der Waals surface area contributed by atoms with Crippen molar-refractivity contribution in [2.45, 2.75) is 72.1 Å². The molecule has 0 saturated heterocycles. The van der Waals surface area contributed by atoms with Gasteiger partial charge in [-0.3, -0.25) is 0 Å². The lowest BCUT2D eigenvalue weighted by Crippen LogP contribution is -2.47. The summed E-state index contributed by atoms with van der Waals surface area (Å²) in [5, 5.41) is 5.48. The summed E-state index contributed by atoms with van der Waals surface area (Å²) in [6, 6.07) is 4.90. The van der Waals surface area contributed by atoms with Gasteiger partial charge in [-0.25, -0.2) is 0 Å². The van der Waals surface area contributed by atoms with E-state index in [9.17, 15) is 0 Å². The lowest BCUT2D eigenvalue weighted by molar-refractivity contribution is 0.592. The highest BCUT2D eigenvalue weighted by molar-refractivity contribution is 6.79. The van der Waals surface area contributed by atoms with Crippen LogP contribution in [0.1, 0.15) is 48.0 Å². The van der Waals surface area contributed by atoms with E-state index in [1.165, 1.54) is 41.0 Å². The zero-order valence-electron chi connectivity index (χ0n) is 13.1. The molecule has 0 heterocycles. The predicted octanol–water partition coefficient (Wildman–Crippen LogP) is 3.06. The maximum Gasteiger partial charge on any atom is 0.0679 e. The van der Waals surface area contributed by atoms with Crippen molar-refractivity contribution < 1.29 is 0 Å². The first-order valence-electron chi connectivity index (χ1n) is 7.33. The Morgan fingerprint density at radius 3 is 1.82 bits per heavy atom. The highest BCUT2D eigenvalue weighted by atomic mass is 28.3. The maximum absolute atomic E-state index is 3.87. The van der Waals surface area contributed by atoms with Gasteiger partial charge in [0.25, 0.3) is 0 Å². The Labute approximate surface area is 113 Å². The summed E-state index contributed by atoms with van der Waals surface area (Å²) in [7, 11) is 0.206. The van der Waals surface area contributed by atoms with Gasteiger partial charge < -0.3 is 5.32 Å². The van der Waals surface area contributed by atoms with Crippen LogP contribution in [-0.4, -0.2) is 30.5 Å². The molecule has 1 nitrogen and oxygen atoms in total. The minimum absolute atomic E-state index is 0.629. The average Bonchev–Trinajstić information content (AvgIpc) is 2.35. The second-order valence-electron chi connectivity index (χ2n) is 5.59. The molecule has 0 aliphatic carbocycles. The molecule has 1 N–H and O–H groups in total. The fourth-order valence-electron chi connectivity index (χ4n) is 2.42. The van der Waals surface area contributed by atoms with Gasteiger partial charge in [-0.15, -0.1) is 0 Å². The summed E-state index contributed by atoms with van der Waals surface area (Å²) in [5.74, 6) is 0. The van der Waals surface area contributed by atoms with Crippen LogP contribution in [-0.2, 0) is 0 Å². The van der Waals surface area contributed by atoms with Gasteiger partial charge in [0, 0.05) is 16.3 Å². The van der Waals surface area contributed by atoms with Crippen molar-refractivity contribution in [1.82, 2.24) is 5.32 Å². The van der Waals surface area contributed by atoms with Gasteiger partial charge in [-0.05, 0) is 26.4 Å². The van der Waals surface area contributed by atoms with Gasteiger partial charge in [0.15, 0.2) is 0 Å². The third-order valence-electron chi connectivity index (χ3n) is 4.69. The molecule has 0 aromatic heterocycles. The van der Waals surface area contributed by atoms with Gasteiger partial charge >= 0.3 is 0 Å². The Morgan fingerprint density at radius 2 is 1.53 bits per heavy atom. The largest absolute Gasteiger partial charge is 0.313 e. The molecule has 0 radical (unpaired) electrons. The Hall–Kier alpha value is 0.134. The normalized spacial score (nSPS) is 15.9. The molecule has 3 heteroatoms. The molecule has 0 aliphatic rings. The lowest BCUT2D eigenvalue weighted by atomic mass is 10.1. The number of rotatable bonds is 8. The highest BCUT2D eigenvalue weighted by Gasteiger charge is 2.27. The van der Waals surface area contributed by atoms with Crippen molar-refractivity contribution in [3.63, 3.8) is 0 Å². The van der Waals surface area contributed by atoms with E-state index in [1.54, 1.807) is 10.8 Å². The quantitative estimate of drug-likeness (QED) is 0.669. The fraction of sp³-hybridized carbons (Fsp3) is 0.857. The van der Waals surface area contributed by atoms with E-state index < -0.39 is 8.07 Å². The Balaban J connectivity index is 4.56. The molecule has 0 spiro atoms. The monoisotopic (exact) mass is 271 g/mol. The predicted molar refractivity (Wildman–Crippen MR) is 87.6 cm³/mol. The Morgan fingerprint density at radius 1 is 1.06 bits per heavy atom. The first-order chi connectivity index (χ1) is 7.96. The third kappa shape index (κ3) is 5.10. The molecular formula is C14H33NSi2. The number of nitrogens with one attached hydrogen (secondary N) is 1. The molecule has 1 atom stereocenters. The first kappa shape index (κ1) is 17.1. The second kappa shape index (κ2) is 8.27. The molecule has 0 aromatic carbocycles. The Bertz CT molecular complexity index is 232. The molecule has 102 valence electrons. The van der Waals surface area contributed by atoms with Crippen LogP contribution in [0.2, 0.25) is 18.1 Å². The van der Waals surface area contributed by atoms with Crippen LogP contribution in [0.4, 0.5) is 0 Å². The third-order valence-corrected chi connectivity index (χ3v) is 10.9. The van der Waals surface area contributed by atoms with Crippen LogP contribution in [0, 0.1) is 0 Å². The minimum atomic E-state index is -0.999. The highest BCUT2D eigenvalue weighted by Crippen LogP contribution is 2.20. The number of hydrogen-bond donors (Lipinski definition) is 1. The second-order valence-corrected chi connectivity index (χ2v) is 12.6. The summed E-state index contributed by atoms with van der Waals surface area (Å²) >= 11 is 0. The van der Waals surface area contributed by atoms with Gasteiger partial charge in [0.2, 0.25) is 0 Å². The molecule has 0 aliphatic heterocycles. The van der Waals surface area contributed by atoms with Gasteiger partial charge in [0.1, 0.15) is 0 Å². The van der Waals surface area contributed by atoms with E-state index in [4.69, 9.17) is 0 Å². The zero-order valence-corrected chi connectivity index (χ0v) is 16.1.